The Bertz CT molecular complexity index is 680. The number of hydrazine groups is 1. The van der Waals surface area contributed by atoms with E-state index in [9.17, 15) is 4.79 Å². The van der Waals surface area contributed by atoms with E-state index in [0.29, 0.717) is 5.76 Å². The molecule has 0 fully saturated rings. The van der Waals surface area contributed by atoms with E-state index in [1.165, 1.54) is 5.01 Å². The Kier molecular flexibility index (Phi) is 4.06. The van der Waals surface area contributed by atoms with E-state index in [-0.39, 0.29) is 17.8 Å². The maximum Gasteiger partial charge on any atom is 0.256 e. The van der Waals surface area contributed by atoms with Gasteiger partial charge in [0.05, 0.1) is 19.1 Å². The number of halogens is 1. The van der Waals surface area contributed by atoms with E-state index in [1.54, 1.807) is 19.4 Å². The van der Waals surface area contributed by atoms with Gasteiger partial charge in [-0.3, -0.25) is 10.2 Å². The van der Waals surface area contributed by atoms with Crippen LogP contribution < -0.4 is 10.2 Å². The van der Waals surface area contributed by atoms with Crippen LogP contribution in [0.25, 0.3) is 5.70 Å². The lowest BCUT2D eigenvalue weighted by Gasteiger charge is -2.23. The standard InChI is InChI=1S/C16H15ClN2O3/c1-21-12-6-4-11(5-7-12)13-9-14(15-3-2-8-22-15)19(18-13)16(20)10-17/h2-9,14,18H,10H2,1H3/t14-/m1/s1. The summed E-state index contributed by atoms with van der Waals surface area (Å²) in [7, 11) is 1.62. The first-order valence-corrected chi connectivity index (χ1v) is 7.30. The van der Waals surface area contributed by atoms with E-state index >= 15 is 0 Å². The molecule has 0 aliphatic carbocycles. The van der Waals surface area contributed by atoms with Gasteiger partial charge in [-0.2, -0.15) is 0 Å². The molecule has 1 aliphatic rings. The van der Waals surface area contributed by atoms with Crippen LogP contribution in [-0.2, 0) is 4.79 Å². The molecule has 5 nitrogen and oxygen atoms in total. The van der Waals surface area contributed by atoms with Gasteiger partial charge in [0.1, 0.15) is 23.4 Å². The van der Waals surface area contributed by atoms with Gasteiger partial charge in [0.2, 0.25) is 0 Å². The molecule has 0 saturated carbocycles. The first-order valence-electron chi connectivity index (χ1n) is 6.77. The van der Waals surface area contributed by atoms with Crippen molar-refractivity contribution >= 4 is 23.2 Å². The van der Waals surface area contributed by atoms with Gasteiger partial charge in [0, 0.05) is 0 Å². The Morgan fingerprint density at radius 3 is 2.73 bits per heavy atom. The number of benzene rings is 1. The molecule has 1 aromatic carbocycles. The van der Waals surface area contributed by atoms with Crippen LogP contribution in [0.2, 0.25) is 0 Å². The summed E-state index contributed by atoms with van der Waals surface area (Å²) in [6.07, 6.45) is 3.52. The fourth-order valence-electron chi connectivity index (χ4n) is 2.35. The number of furan rings is 1. The number of hydrogen-bond acceptors (Lipinski definition) is 4. The van der Waals surface area contributed by atoms with Crippen molar-refractivity contribution in [3.63, 3.8) is 0 Å². The molecule has 1 aromatic heterocycles. The van der Waals surface area contributed by atoms with Crippen LogP contribution in [-0.4, -0.2) is 23.9 Å². The fourth-order valence-corrected chi connectivity index (χ4v) is 2.48. The number of carbonyl (C=O) groups excluding carboxylic acids is 1. The number of amides is 1. The molecule has 0 saturated heterocycles. The number of hydrogen-bond donors (Lipinski definition) is 1. The summed E-state index contributed by atoms with van der Waals surface area (Å²) < 4.78 is 10.6. The zero-order valence-corrected chi connectivity index (χ0v) is 12.7. The van der Waals surface area contributed by atoms with Gasteiger partial charge in [0.15, 0.2) is 0 Å². The third-order valence-corrected chi connectivity index (χ3v) is 3.69. The predicted octanol–water partition coefficient (Wildman–Crippen LogP) is 2.96. The van der Waals surface area contributed by atoms with Crippen molar-refractivity contribution in [1.29, 1.82) is 0 Å². The van der Waals surface area contributed by atoms with Crippen molar-refractivity contribution in [1.82, 2.24) is 10.4 Å². The molecule has 1 N–H and O–H groups in total. The lowest BCUT2D eigenvalue weighted by atomic mass is 10.1. The monoisotopic (exact) mass is 318 g/mol. The normalized spacial score (nSPS) is 17.1. The highest BCUT2D eigenvalue weighted by atomic mass is 35.5. The number of alkyl halides is 1. The number of carbonyl (C=O) groups is 1. The highest BCUT2D eigenvalue weighted by molar-refractivity contribution is 6.27. The van der Waals surface area contributed by atoms with Gasteiger partial charge in [-0.15, -0.1) is 11.6 Å². The average molecular weight is 319 g/mol. The molecular weight excluding hydrogens is 304 g/mol. The Hall–Kier alpha value is -2.40. The Labute approximate surface area is 133 Å². The van der Waals surface area contributed by atoms with E-state index in [2.05, 4.69) is 5.43 Å². The predicted molar refractivity (Wildman–Crippen MR) is 83.1 cm³/mol. The fraction of sp³-hybridized carbons (Fsp3) is 0.188. The molecule has 1 amide bonds. The van der Waals surface area contributed by atoms with Gasteiger partial charge >= 0.3 is 0 Å². The summed E-state index contributed by atoms with van der Waals surface area (Å²) in [5.41, 5.74) is 4.86. The van der Waals surface area contributed by atoms with E-state index in [4.69, 9.17) is 20.8 Å². The number of methoxy groups -OCH3 is 1. The summed E-state index contributed by atoms with van der Waals surface area (Å²) in [5, 5.41) is 1.48. The van der Waals surface area contributed by atoms with E-state index < -0.39 is 0 Å². The summed E-state index contributed by atoms with van der Waals surface area (Å²) in [6, 6.07) is 10.9. The number of rotatable bonds is 4. The van der Waals surface area contributed by atoms with Crippen molar-refractivity contribution in [3.8, 4) is 5.75 Å². The highest BCUT2D eigenvalue weighted by Gasteiger charge is 2.31. The minimum Gasteiger partial charge on any atom is -0.497 e. The number of nitrogens with one attached hydrogen (secondary N) is 1. The molecule has 6 heteroatoms. The molecule has 0 unspecified atom stereocenters. The summed E-state index contributed by atoms with van der Waals surface area (Å²) >= 11 is 5.69. The molecule has 1 aliphatic heterocycles. The zero-order valence-electron chi connectivity index (χ0n) is 12.0. The van der Waals surface area contributed by atoms with Crippen LogP contribution in [0.5, 0.6) is 5.75 Å². The Balaban J connectivity index is 1.91. The molecule has 114 valence electrons. The lowest BCUT2D eigenvalue weighted by molar-refractivity contribution is -0.132. The number of nitrogens with zero attached hydrogens (tertiary/aromatic N) is 1. The average Bonchev–Trinajstić information content (AvgIpc) is 3.23. The first kappa shape index (κ1) is 14.5. The van der Waals surface area contributed by atoms with E-state index in [0.717, 1.165) is 17.0 Å². The summed E-state index contributed by atoms with van der Waals surface area (Å²) in [4.78, 5) is 12.0. The van der Waals surface area contributed by atoms with Crippen LogP contribution in [0.1, 0.15) is 17.4 Å². The Morgan fingerprint density at radius 2 is 2.14 bits per heavy atom. The van der Waals surface area contributed by atoms with Crippen LogP contribution >= 0.6 is 11.6 Å². The molecule has 0 bridgehead atoms. The molecule has 3 rings (SSSR count). The quantitative estimate of drug-likeness (QED) is 0.881. The number of ether oxygens (including phenoxy) is 1. The first-order chi connectivity index (χ1) is 10.7. The van der Waals surface area contributed by atoms with Crippen LogP contribution in [0.4, 0.5) is 0 Å². The molecule has 0 radical (unpaired) electrons. The Morgan fingerprint density at radius 1 is 1.36 bits per heavy atom. The zero-order chi connectivity index (χ0) is 15.5. The van der Waals surface area contributed by atoms with Crippen LogP contribution in [0.3, 0.4) is 0 Å². The summed E-state index contributed by atoms with van der Waals surface area (Å²) in [6.45, 7) is 0. The maximum absolute atomic E-state index is 12.0. The molecular formula is C16H15ClN2O3. The summed E-state index contributed by atoms with van der Waals surface area (Å²) in [5.74, 6) is 1.13. The molecule has 2 aromatic rings. The van der Waals surface area contributed by atoms with Gasteiger partial charge in [-0.25, -0.2) is 5.01 Å². The second kappa shape index (κ2) is 6.15. The van der Waals surface area contributed by atoms with Crippen molar-refractivity contribution in [3.05, 3.63) is 60.1 Å². The van der Waals surface area contributed by atoms with E-state index in [1.807, 2.05) is 36.4 Å². The molecule has 1 atom stereocenters. The van der Waals surface area contributed by atoms with Gasteiger partial charge in [-0.05, 0) is 48.0 Å². The van der Waals surface area contributed by atoms with Gasteiger partial charge in [-0.1, -0.05) is 0 Å². The second-order valence-corrected chi connectivity index (χ2v) is 5.05. The second-order valence-electron chi connectivity index (χ2n) is 4.78. The molecule has 22 heavy (non-hydrogen) atoms. The van der Waals surface area contributed by atoms with Gasteiger partial charge in [0.25, 0.3) is 5.91 Å². The molecule has 2 heterocycles. The largest absolute Gasteiger partial charge is 0.497 e. The molecule has 0 spiro atoms. The SMILES string of the molecule is COc1ccc(C2=C[C@H](c3ccco3)N(C(=O)CCl)N2)cc1. The van der Waals surface area contributed by atoms with Gasteiger partial charge < -0.3 is 9.15 Å². The third-order valence-electron chi connectivity index (χ3n) is 3.46. The van der Waals surface area contributed by atoms with Crippen molar-refractivity contribution in [2.75, 3.05) is 13.0 Å². The van der Waals surface area contributed by atoms with Crippen molar-refractivity contribution < 1.29 is 13.9 Å². The smallest absolute Gasteiger partial charge is 0.256 e. The highest BCUT2D eigenvalue weighted by Crippen LogP contribution is 2.32. The van der Waals surface area contributed by atoms with Crippen molar-refractivity contribution in [2.24, 2.45) is 0 Å². The van der Waals surface area contributed by atoms with Crippen LogP contribution in [0.15, 0.2) is 53.2 Å². The minimum atomic E-state index is -0.321. The third kappa shape index (κ3) is 2.67. The van der Waals surface area contributed by atoms with Crippen LogP contribution in [0, 0.1) is 0 Å². The van der Waals surface area contributed by atoms with Crippen molar-refractivity contribution in [2.45, 2.75) is 6.04 Å². The minimum absolute atomic E-state index is 0.103. The lowest BCUT2D eigenvalue weighted by Crippen LogP contribution is -2.40. The maximum atomic E-state index is 12.0. The topological polar surface area (TPSA) is 54.7 Å².